The van der Waals surface area contributed by atoms with Gasteiger partial charge in [0.15, 0.2) is 5.43 Å². The third-order valence-electron chi connectivity index (χ3n) is 2.31. The first-order chi connectivity index (χ1) is 7.72. The summed E-state index contributed by atoms with van der Waals surface area (Å²) in [7, 11) is 0. The lowest BCUT2D eigenvalue weighted by molar-refractivity contribution is -0.104. The molecule has 0 bridgehead atoms. The fourth-order valence-electron chi connectivity index (χ4n) is 1.51. The van der Waals surface area contributed by atoms with E-state index in [9.17, 15) is 9.59 Å². The highest BCUT2D eigenvalue weighted by molar-refractivity contribution is 5.81. The van der Waals surface area contributed by atoms with Crippen LogP contribution in [0, 0.1) is 6.92 Å². The Labute approximate surface area is 92.0 Å². The maximum absolute atomic E-state index is 11.9. The van der Waals surface area contributed by atoms with Crippen molar-refractivity contribution >= 4 is 23.3 Å². The lowest BCUT2D eigenvalue weighted by Gasteiger charge is -1.99. The number of allylic oxidation sites excluding steroid dienone is 1. The summed E-state index contributed by atoms with van der Waals surface area (Å²) in [5.41, 5.74) is 1.85. The molecule has 0 saturated heterocycles. The van der Waals surface area contributed by atoms with Gasteiger partial charge in [-0.05, 0) is 36.8 Å². The lowest BCUT2D eigenvalue weighted by atomic mass is 10.1. The Morgan fingerprint density at radius 3 is 2.88 bits per heavy atom. The summed E-state index contributed by atoms with van der Waals surface area (Å²) in [6, 6.07) is 5.39. The Morgan fingerprint density at radius 1 is 1.31 bits per heavy atom. The van der Waals surface area contributed by atoms with Gasteiger partial charge in [-0.1, -0.05) is 6.07 Å². The minimum atomic E-state index is -0.126. The zero-order valence-corrected chi connectivity index (χ0v) is 8.77. The van der Waals surface area contributed by atoms with Crippen molar-refractivity contribution in [3.8, 4) is 0 Å². The summed E-state index contributed by atoms with van der Waals surface area (Å²) in [6.45, 7) is 1.93. The van der Waals surface area contributed by atoms with Crippen LogP contribution in [0.3, 0.4) is 0 Å². The molecule has 1 aromatic heterocycles. The molecular formula is C13H10O3. The molecule has 0 unspecified atom stereocenters. The van der Waals surface area contributed by atoms with Crippen molar-refractivity contribution in [2.24, 2.45) is 0 Å². The van der Waals surface area contributed by atoms with Crippen LogP contribution in [-0.4, -0.2) is 6.29 Å². The first-order valence-electron chi connectivity index (χ1n) is 4.86. The standard InChI is InChI=1S/C13H10O3/c1-9-4-5-11-12(7-9)16-8-10(13(11)15)3-2-6-14/h2-8H,1H3/b3-2-. The maximum Gasteiger partial charge on any atom is 0.199 e. The molecule has 0 radical (unpaired) electrons. The second kappa shape index (κ2) is 4.14. The Balaban J connectivity index is 2.70. The largest absolute Gasteiger partial charge is 0.463 e. The van der Waals surface area contributed by atoms with Crippen molar-refractivity contribution in [2.75, 3.05) is 0 Å². The van der Waals surface area contributed by atoms with E-state index >= 15 is 0 Å². The number of rotatable bonds is 2. The molecule has 0 spiro atoms. The minimum Gasteiger partial charge on any atom is -0.463 e. The molecule has 3 heteroatoms. The van der Waals surface area contributed by atoms with Gasteiger partial charge < -0.3 is 4.42 Å². The zero-order valence-electron chi connectivity index (χ0n) is 8.77. The normalized spacial score (nSPS) is 11.1. The second-order valence-corrected chi connectivity index (χ2v) is 3.51. The van der Waals surface area contributed by atoms with E-state index in [0.29, 0.717) is 22.8 Å². The van der Waals surface area contributed by atoms with Gasteiger partial charge in [0.1, 0.15) is 18.1 Å². The molecule has 2 rings (SSSR count). The second-order valence-electron chi connectivity index (χ2n) is 3.51. The number of fused-ring (bicyclic) bond motifs is 1. The van der Waals surface area contributed by atoms with E-state index in [1.54, 1.807) is 6.07 Å². The number of benzene rings is 1. The van der Waals surface area contributed by atoms with Crippen LogP contribution in [0.5, 0.6) is 0 Å². The molecule has 16 heavy (non-hydrogen) atoms. The molecule has 1 heterocycles. The number of aryl methyl sites for hydroxylation is 1. The molecule has 0 aliphatic carbocycles. The highest BCUT2D eigenvalue weighted by Crippen LogP contribution is 2.13. The van der Waals surface area contributed by atoms with E-state index in [1.807, 2.05) is 19.1 Å². The van der Waals surface area contributed by atoms with Gasteiger partial charge in [0.05, 0.1) is 10.9 Å². The van der Waals surface area contributed by atoms with E-state index in [0.717, 1.165) is 5.56 Å². The number of carbonyl (C=O) groups excluding carboxylic acids is 1. The van der Waals surface area contributed by atoms with Crippen LogP contribution in [-0.2, 0) is 4.79 Å². The first-order valence-corrected chi connectivity index (χ1v) is 4.86. The van der Waals surface area contributed by atoms with Gasteiger partial charge in [0.2, 0.25) is 0 Å². The van der Waals surface area contributed by atoms with Gasteiger partial charge in [0, 0.05) is 0 Å². The quantitative estimate of drug-likeness (QED) is 0.569. The number of carbonyl (C=O) groups is 1. The Morgan fingerprint density at radius 2 is 2.12 bits per heavy atom. The summed E-state index contributed by atoms with van der Waals surface area (Å²) in [5.74, 6) is 0. The summed E-state index contributed by atoms with van der Waals surface area (Å²) in [4.78, 5) is 22.1. The van der Waals surface area contributed by atoms with Crippen LogP contribution in [0.4, 0.5) is 0 Å². The molecular weight excluding hydrogens is 204 g/mol. The molecule has 0 aliphatic heterocycles. The lowest BCUT2D eigenvalue weighted by Crippen LogP contribution is -2.04. The van der Waals surface area contributed by atoms with E-state index in [1.165, 1.54) is 18.4 Å². The van der Waals surface area contributed by atoms with Gasteiger partial charge in [-0.2, -0.15) is 0 Å². The van der Waals surface area contributed by atoms with Crippen molar-refractivity contribution in [3.05, 3.63) is 51.9 Å². The SMILES string of the molecule is Cc1ccc2c(=O)c(/C=C\C=O)coc2c1. The highest BCUT2D eigenvalue weighted by Gasteiger charge is 2.04. The molecule has 0 amide bonds. The summed E-state index contributed by atoms with van der Waals surface area (Å²) in [6.07, 6.45) is 4.70. The minimum absolute atomic E-state index is 0.126. The summed E-state index contributed by atoms with van der Waals surface area (Å²) >= 11 is 0. The molecule has 3 nitrogen and oxygen atoms in total. The van der Waals surface area contributed by atoms with Gasteiger partial charge in [0.25, 0.3) is 0 Å². The maximum atomic E-state index is 11.9. The van der Waals surface area contributed by atoms with Crippen molar-refractivity contribution in [1.82, 2.24) is 0 Å². The molecule has 0 saturated carbocycles. The van der Waals surface area contributed by atoms with Gasteiger partial charge in [-0.25, -0.2) is 0 Å². The molecule has 0 aliphatic rings. The predicted molar refractivity (Wildman–Crippen MR) is 62.3 cm³/mol. The third kappa shape index (κ3) is 1.80. The van der Waals surface area contributed by atoms with Gasteiger partial charge in [-0.15, -0.1) is 0 Å². The number of aldehydes is 1. The van der Waals surface area contributed by atoms with Gasteiger partial charge >= 0.3 is 0 Å². The fraction of sp³-hybridized carbons (Fsp3) is 0.0769. The van der Waals surface area contributed by atoms with Crippen molar-refractivity contribution < 1.29 is 9.21 Å². The summed E-state index contributed by atoms with van der Waals surface area (Å²) in [5, 5.41) is 0.527. The topological polar surface area (TPSA) is 47.3 Å². The smallest absolute Gasteiger partial charge is 0.199 e. The third-order valence-corrected chi connectivity index (χ3v) is 2.31. The highest BCUT2D eigenvalue weighted by atomic mass is 16.3. The van der Waals surface area contributed by atoms with E-state index in [4.69, 9.17) is 4.42 Å². The molecule has 0 atom stereocenters. The van der Waals surface area contributed by atoms with E-state index in [2.05, 4.69) is 0 Å². The van der Waals surface area contributed by atoms with Crippen LogP contribution in [0.15, 0.2) is 39.7 Å². The van der Waals surface area contributed by atoms with Crippen molar-refractivity contribution in [1.29, 1.82) is 0 Å². The average molecular weight is 214 g/mol. The molecule has 2 aromatic rings. The van der Waals surface area contributed by atoms with Crippen molar-refractivity contribution in [2.45, 2.75) is 6.92 Å². The predicted octanol–water partition coefficient (Wildman–Crippen LogP) is 2.31. The van der Waals surface area contributed by atoms with Crippen LogP contribution >= 0.6 is 0 Å². The summed E-state index contributed by atoms with van der Waals surface area (Å²) < 4.78 is 5.33. The van der Waals surface area contributed by atoms with Crippen LogP contribution in [0.1, 0.15) is 11.1 Å². The number of hydrogen-bond donors (Lipinski definition) is 0. The first kappa shape index (κ1) is 10.4. The van der Waals surface area contributed by atoms with Crippen LogP contribution in [0.25, 0.3) is 17.0 Å². The Hall–Kier alpha value is -2.16. The van der Waals surface area contributed by atoms with E-state index in [-0.39, 0.29) is 5.43 Å². The molecule has 80 valence electrons. The Bertz CT molecular complexity index is 621. The van der Waals surface area contributed by atoms with Gasteiger partial charge in [-0.3, -0.25) is 9.59 Å². The average Bonchev–Trinajstić information content (AvgIpc) is 2.28. The molecule has 1 aromatic carbocycles. The Kier molecular flexibility index (Phi) is 2.68. The van der Waals surface area contributed by atoms with Crippen molar-refractivity contribution in [3.63, 3.8) is 0 Å². The zero-order chi connectivity index (χ0) is 11.5. The van der Waals surface area contributed by atoms with Crippen LogP contribution in [0.2, 0.25) is 0 Å². The van der Waals surface area contributed by atoms with Crippen LogP contribution < -0.4 is 5.43 Å². The van der Waals surface area contributed by atoms with E-state index < -0.39 is 0 Å². The number of hydrogen-bond acceptors (Lipinski definition) is 3. The molecule has 0 fully saturated rings. The molecule has 0 N–H and O–H groups in total. The fourth-order valence-corrected chi connectivity index (χ4v) is 1.51. The monoisotopic (exact) mass is 214 g/mol.